The highest BCUT2D eigenvalue weighted by molar-refractivity contribution is 9.10. The minimum Gasteiger partial charge on any atom is -0.436 e. The highest BCUT2D eigenvalue weighted by atomic mass is 79.9. The summed E-state index contributed by atoms with van der Waals surface area (Å²) in [6, 6.07) is 9.58. The number of fused-ring (bicyclic) bond motifs is 1. The van der Waals surface area contributed by atoms with Crippen LogP contribution in [0.25, 0.3) is 22.6 Å². The Balaban J connectivity index is 2.12. The zero-order valence-electron chi connectivity index (χ0n) is 9.84. The van der Waals surface area contributed by atoms with Gasteiger partial charge in [0.1, 0.15) is 5.52 Å². The molecule has 2 aromatic carbocycles. The molecule has 1 heterocycles. The number of oxazole rings is 1. The first-order chi connectivity index (χ1) is 9.54. The summed E-state index contributed by atoms with van der Waals surface area (Å²) in [5.74, 6) is 0.387. The van der Waals surface area contributed by atoms with E-state index in [0.717, 1.165) is 10.0 Å². The van der Waals surface area contributed by atoms with Crippen molar-refractivity contribution in [3.05, 3.63) is 56.0 Å². The van der Waals surface area contributed by atoms with E-state index in [2.05, 4.69) is 20.9 Å². The highest BCUT2D eigenvalue weighted by Crippen LogP contribution is 2.31. The Hall–Kier alpha value is -1.92. The van der Waals surface area contributed by atoms with Crippen molar-refractivity contribution in [2.45, 2.75) is 0 Å². The van der Waals surface area contributed by atoms with Crippen LogP contribution in [-0.2, 0) is 0 Å². The highest BCUT2D eigenvalue weighted by Gasteiger charge is 2.13. The summed E-state index contributed by atoms with van der Waals surface area (Å²) >= 11 is 9.26. The van der Waals surface area contributed by atoms with Crippen molar-refractivity contribution < 1.29 is 9.34 Å². The molecule has 5 nitrogen and oxygen atoms in total. The Kier molecular flexibility index (Phi) is 3.19. The lowest BCUT2D eigenvalue weighted by Crippen LogP contribution is -1.86. The molecule has 3 aromatic rings. The molecule has 0 bridgehead atoms. The zero-order chi connectivity index (χ0) is 14.3. The maximum atomic E-state index is 10.7. The molecule has 0 N–H and O–H groups in total. The lowest BCUT2D eigenvalue weighted by molar-refractivity contribution is -0.384. The molecule has 0 atom stereocenters. The largest absolute Gasteiger partial charge is 0.436 e. The number of halogens is 2. The minimum atomic E-state index is -0.472. The normalized spacial score (nSPS) is 10.9. The molecule has 0 saturated heterocycles. The van der Waals surface area contributed by atoms with Crippen LogP contribution >= 0.6 is 27.5 Å². The SMILES string of the molecule is O=[N+]([O-])c1ccc2nc(-c3ccc(Cl)c(Br)c3)oc2c1. The summed E-state index contributed by atoms with van der Waals surface area (Å²) in [5.41, 5.74) is 1.65. The summed E-state index contributed by atoms with van der Waals surface area (Å²) in [4.78, 5) is 14.6. The molecule has 1 aromatic heterocycles. The smallest absolute Gasteiger partial charge is 0.273 e. The number of non-ortho nitro benzene ring substituents is 1. The first kappa shape index (κ1) is 13.1. The van der Waals surface area contributed by atoms with Gasteiger partial charge >= 0.3 is 0 Å². The number of rotatable bonds is 2. The van der Waals surface area contributed by atoms with Gasteiger partial charge in [-0.15, -0.1) is 0 Å². The molecule has 0 unspecified atom stereocenters. The fourth-order valence-corrected chi connectivity index (χ4v) is 2.28. The predicted octanol–water partition coefficient (Wildman–Crippen LogP) is 4.82. The van der Waals surface area contributed by atoms with Gasteiger partial charge in [-0.25, -0.2) is 4.98 Å². The average Bonchev–Trinajstić information content (AvgIpc) is 2.84. The molecule has 0 radical (unpaired) electrons. The lowest BCUT2D eigenvalue weighted by Gasteiger charge is -1.98. The summed E-state index contributed by atoms with van der Waals surface area (Å²) < 4.78 is 6.29. The molecule has 0 aliphatic carbocycles. The van der Waals surface area contributed by atoms with Crippen molar-refractivity contribution in [3.8, 4) is 11.5 Å². The van der Waals surface area contributed by atoms with E-state index in [-0.39, 0.29) is 5.69 Å². The summed E-state index contributed by atoms with van der Waals surface area (Å²) in [6.07, 6.45) is 0. The second kappa shape index (κ2) is 4.88. The minimum absolute atomic E-state index is 0.0301. The van der Waals surface area contributed by atoms with Gasteiger partial charge in [-0.05, 0) is 40.2 Å². The van der Waals surface area contributed by atoms with Crippen molar-refractivity contribution in [2.24, 2.45) is 0 Å². The maximum absolute atomic E-state index is 10.7. The number of nitrogens with zero attached hydrogens (tertiary/aromatic N) is 2. The number of hydrogen-bond acceptors (Lipinski definition) is 4. The van der Waals surface area contributed by atoms with Crippen molar-refractivity contribution in [2.75, 3.05) is 0 Å². The Labute approximate surface area is 126 Å². The third-order valence-corrected chi connectivity index (χ3v) is 3.96. The molecule has 0 aliphatic rings. The quantitative estimate of drug-likeness (QED) is 0.489. The van der Waals surface area contributed by atoms with E-state index in [9.17, 15) is 10.1 Å². The second-order valence-electron chi connectivity index (χ2n) is 4.06. The molecule has 20 heavy (non-hydrogen) atoms. The van der Waals surface area contributed by atoms with Gasteiger partial charge in [0.15, 0.2) is 5.58 Å². The van der Waals surface area contributed by atoms with E-state index < -0.39 is 4.92 Å². The molecule has 100 valence electrons. The van der Waals surface area contributed by atoms with Gasteiger partial charge in [0, 0.05) is 16.1 Å². The van der Waals surface area contributed by atoms with Crippen LogP contribution in [0, 0.1) is 10.1 Å². The molecular formula is C13H6BrClN2O3. The monoisotopic (exact) mass is 352 g/mol. The Morgan fingerprint density at radius 1 is 1.25 bits per heavy atom. The number of benzene rings is 2. The van der Waals surface area contributed by atoms with Crippen molar-refractivity contribution in [1.29, 1.82) is 0 Å². The molecule has 3 rings (SSSR count). The van der Waals surface area contributed by atoms with Crippen LogP contribution in [0.15, 0.2) is 45.3 Å². The molecule has 7 heteroatoms. The van der Waals surface area contributed by atoms with Gasteiger partial charge in [-0.1, -0.05) is 11.6 Å². The van der Waals surface area contributed by atoms with Crippen LogP contribution < -0.4 is 0 Å². The molecule has 0 aliphatic heterocycles. The second-order valence-corrected chi connectivity index (χ2v) is 5.32. The number of hydrogen-bond donors (Lipinski definition) is 0. The average molecular weight is 354 g/mol. The summed E-state index contributed by atoms with van der Waals surface area (Å²) in [5, 5.41) is 11.3. The van der Waals surface area contributed by atoms with Crippen LogP contribution in [0.3, 0.4) is 0 Å². The summed E-state index contributed by atoms with van der Waals surface area (Å²) in [7, 11) is 0. The van der Waals surface area contributed by atoms with Crippen molar-refractivity contribution >= 4 is 44.3 Å². The van der Waals surface area contributed by atoms with Crippen LogP contribution in [0.2, 0.25) is 5.02 Å². The standard InChI is InChI=1S/C13H6BrClN2O3/c14-9-5-7(1-3-10(9)15)13-16-11-4-2-8(17(18)19)6-12(11)20-13/h1-6H. The van der Waals surface area contributed by atoms with Gasteiger partial charge in [0.2, 0.25) is 5.89 Å². The van der Waals surface area contributed by atoms with Crippen molar-refractivity contribution in [1.82, 2.24) is 4.98 Å². The zero-order valence-corrected chi connectivity index (χ0v) is 12.2. The van der Waals surface area contributed by atoms with Gasteiger partial charge < -0.3 is 4.42 Å². The van der Waals surface area contributed by atoms with Crippen LogP contribution in [0.5, 0.6) is 0 Å². The van der Waals surface area contributed by atoms with Gasteiger partial charge in [0.25, 0.3) is 5.69 Å². The van der Waals surface area contributed by atoms with E-state index in [1.165, 1.54) is 12.1 Å². The molecular weight excluding hydrogens is 348 g/mol. The lowest BCUT2D eigenvalue weighted by atomic mass is 10.2. The third kappa shape index (κ3) is 2.28. The number of nitro benzene ring substituents is 1. The molecule has 0 saturated carbocycles. The maximum Gasteiger partial charge on any atom is 0.273 e. The van der Waals surface area contributed by atoms with Crippen molar-refractivity contribution in [3.63, 3.8) is 0 Å². The fourth-order valence-electron chi connectivity index (χ4n) is 1.78. The molecule has 0 fully saturated rings. The van der Waals surface area contributed by atoms with E-state index in [1.54, 1.807) is 24.3 Å². The van der Waals surface area contributed by atoms with Gasteiger partial charge in [0.05, 0.1) is 16.0 Å². The Bertz CT molecular complexity index is 832. The first-order valence-corrected chi connectivity index (χ1v) is 6.72. The van der Waals surface area contributed by atoms with E-state index in [1.807, 2.05) is 0 Å². The number of aromatic nitrogens is 1. The molecule has 0 spiro atoms. The predicted molar refractivity (Wildman–Crippen MR) is 78.8 cm³/mol. The topological polar surface area (TPSA) is 69.2 Å². The number of nitro groups is 1. The molecule has 0 amide bonds. The Morgan fingerprint density at radius 2 is 2.05 bits per heavy atom. The van der Waals surface area contributed by atoms with E-state index >= 15 is 0 Å². The van der Waals surface area contributed by atoms with Gasteiger partial charge in [-0.3, -0.25) is 10.1 Å². The van der Waals surface area contributed by atoms with Crippen LogP contribution in [0.1, 0.15) is 0 Å². The van der Waals surface area contributed by atoms with Crippen LogP contribution in [0.4, 0.5) is 5.69 Å². The Morgan fingerprint density at radius 3 is 2.75 bits per heavy atom. The van der Waals surface area contributed by atoms with Crippen LogP contribution in [-0.4, -0.2) is 9.91 Å². The fraction of sp³-hybridized carbons (Fsp3) is 0. The summed E-state index contributed by atoms with van der Waals surface area (Å²) in [6.45, 7) is 0. The first-order valence-electron chi connectivity index (χ1n) is 5.55. The van der Waals surface area contributed by atoms with Gasteiger partial charge in [-0.2, -0.15) is 0 Å². The van der Waals surface area contributed by atoms with E-state index in [0.29, 0.717) is 22.0 Å². The third-order valence-electron chi connectivity index (χ3n) is 2.75. The van der Waals surface area contributed by atoms with E-state index in [4.69, 9.17) is 16.0 Å².